The highest BCUT2D eigenvalue weighted by Gasteiger charge is 2.12. The molecule has 0 fully saturated rings. The zero-order valence-electron chi connectivity index (χ0n) is 12.3. The molecule has 0 aliphatic rings. The van der Waals surface area contributed by atoms with E-state index in [1.165, 1.54) is 0 Å². The zero-order valence-corrected chi connectivity index (χ0v) is 13.9. The third kappa shape index (κ3) is 22.8. The molecular formula is C14H18Cl2O7. The first-order valence-electron chi connectivity index (χ1n) is 6.43. The molecule has 9 heteroatoms. The molecule has 0 aliphatic heterocycles. The van der Waals surface area contributed by atoms with Gasteiger partial charge >= 0.3 is 12.3 Å². The van der Waals surface area contributed by atoms with Crippen LogP contribution in [0.1, 0.15) is 12.8 Å². The van der Waals surface area contributed by atoms with E-state index in [4.69, 9.17) is 33.4 Å². The molecule has 0 spiro atoms. The molecule has 0 rings (SSSR count). The lowest BCUT2D eigenvalue weighted by molar-refractivity contribution is 0.0369. The van der Waals surface area contributed by atoms with Crippen LogP contribution >= 0.6 is 23.2 Å². The van der Waals surface area contributed by atoms with Crippen molar-refractivity contribution in [3.63, 3.8) is 0 Å². The Morgan fingerprint density at radius 3 is 1.52 bits per heavy atom. The summed E-state index contributed by atoms with van der Waals surface area (Å²) in [7, 11) is 0. The minimum Gasteiger partial charge on any atom is -0.434 e. The molecule has 0 unspecified atom stereocenters. The van der Waals surface area contributed by atoms with Gasteiger partial charge in [0.15, 0.2) is 0 Å². The molecule has 2 N–H and O–H groups in total. The lowest BCUT2D eigenvalue weighted by Crippen LogP contribution is -2.16. The van der Waals surface area contributed by atoms with Gasteiger partial charge in [0, 0.05) is 11.8 Å². The Kier molecular flexibility index (Phi) is 20.9. The minimum absolute atomic E-state index is 0.108. The summed E-state index contributed by atoms with van der Waals surface area (Å²) in [5.41, 5.74) is 0. The molecule has 0 radical (unpaired) electrons. The van der Waals surface area contributed by atoms with Crippen LogP contribution in [0.15, 0.2) is 0 Å². The minimum atomic E-state index is -1.09. The molecule has 0 aromatic rings. The second kappa shape index (κ2) is 20.4. The highest BCUT2D eigenvalue weighted by molar-refractivity contribution is 6.18. The topological polar surface area (TPSA) is 102 Å². The number of hydrogen-bond donors (Lipinski definition) is 2. The molecule has 0 aliphatic carbocycles. The fraction of sp³-hybridized carbons (Fsp3) is 0.571. The van der Waals surface area contributed by atoms with E-state index in [-0.39, 0.29) is 26.4 Å². The third-order valence-corrected chi connectivity index (χ3v) is 2.09. The summed E-state index contributed by atoms with van der Waals surface area (Å²) >= 11 is 10.7. The van der Waals surface area contributed by atoms with Crippen LogP contribution in [0, 0.1) is 23.7 Å². The average molecular weight is 369 g/mol. The summed E-state index contributed by atoms with van der Waals surface area (Å²) < 4.78 is 13.1. The van der Waals surface area contributed by atoms with Crippen LogP contribution in [0.3, 0.4) is 0 Å². The second-order valence-electron chi connectivity index (χ2n) is 3.30. The fourth-order valence-electron chi connectivity index (χ4n) is 0.715. The summed E-state index contributed by atoms with van der Waals surface area (Å²) in [6, 6.07) is 0. The molecule has 0 bridgehead atoms. The molecule has 0 saturated carbocycles. The van der Waals surface area contributed by atoms with Crippen LogP contribution in [-0.2, 0) is 14.2 Å². The number of carbonyl (C=O) groups excluding carboxylic acids is 2. The van der Waals surface area contributed by atoms with Gasteiger partial charge in [0.1, 0.15) is 13.2 Å². The Balaban J connectivity index is 0. The Hall–Kier alpha value is -1.64. The van der Waals surface area contributed by atoms with Crippen molar-refractivity contribution in [1.29, 1.82) is 0 Å². The Morgan fingerprint density at radius 1 is 0.826 bits per heavy atom. The maximum atomic E-state index is 10.7. The van der Waals surface area contributed by atoms with Crippen LogP contribution < -0.4 is 0 Å². The first-order chi connectivity index (χ1) is 11.1. The Morgan fingerprint density at radius 2 is 1.22 bits per heavy atom. The van der Waals surface area contributed by atoms with E-state index in [0.29, 0.717) is 24.6 Å². The molecule has 130 valence electrons. The van der Waals surface area contributed by atoms with Gasteiger partial charge in [-0.2, -0.15) is 0 Å². The summed E-state index contributed by atoms with van der Waals surface area (Å²) in [5.74, 6) is 9.97. The third-order valence-electron chi connectivity index (χ3n) is 1.56. The van der Waals surface area contributed by atoms with Crippen LogP contribution in [-0.4, -0.2) is 60.7 Å². The van der Waals surface area contributed by atoms with Gasteiger partial charge in [0.05, 0.1) is 13.2 Å². The number of rotatable bonds is 6. The van der Waals surface area contributed by atoms with Crippen molar-refractivity contribution in [2.24, 2.45) is 0 Å². The molecule has 7 nitrogen and oxygen atoms in total. The molecular weight excluding hydrogens is 351 g/mol. The second-order valence-corrected chi connectivity index (χ2v) is 4.06. The van der Waals surface area contributed by atoms with E-state index in [2.05, 4.69) is 37.9 Å². The van der Waals surface area contributed by atoms with Crippen molar-refractivity contribution in [2.45, 2.75) is 12.8 Å². The number of halogens is 2. The van der Waals surface area contributed by atoms with Gasteiger partial charge < -0.3 is 24.4 Å². The van der Waals surface area contributed by atoms with Crippen LogP contribution in [0.2, 0.25) is 0 Å². The van der Waals surface area contributed by atoms with E-state index >= 15 is 0 Å². The smallest absolute Gasteiger partial charge is 0.434 e. The van der Waals surface area contributed by atoms with Gasteiger partial charge in [-0.15, -0.1) is 23.2 Å². The lowest BCUT2D eigenvalue weighted by Gasteiger charge is -2.04. The van der Waals surface area contributed by atoms with Crippen molar-refractivity contribution in [3.8, 4) is 23.7 Å². The highest BCUT2D eigenvalue weighted by atomic mass is 35.5. The Labute approximate surface area is 144 Å². The predicted molar refractivity (Wildman–Crippen MR) is 84.2 cm³/mol. The molecule has 23 heavy (non-hydrogen) atoms. The molecule has 0 amide bonds. The van der Waals surface area contributed by atoms with E-state index in [1.807, 2.05) is 0 Å². The van der Waals surface area contributed by atoms with Crippen molar-refractivity contribution in [3.05, 3.63) is 0 Å². The largest absolute Gasteiger partial charge is 0.518 e. The number of aliphatic hydroxyl groups excluding tert-OH is 2. The predicted octanol–water partition coefficient (Wildman–Crippen LogP) is 1.51. The van der Waals surface area contributed by atoms with E-state index in [1.54, 1.807) is 0 Å². The summed E-state index contributed by atoms with van der Waals surface area (Å²) in [6.45, 7) is -0.144. The van der Waals surface area contributed by atoms with E-state index < -0.39 is 12.3 Å². The number of hydrogen-bond acceptors (Lipinski definition) is 7. The molecule has 0 saturated heterocycles. The number of carbonyl (C=O) groups is 2. The molecule has 0 aromatic carbocycles. The fourth-order valence-corrected chi connectivity index (χ4v) is 0.933. The SMILES string of the molecule is O=C(OCCCCl)OC(=O)OCCCCl.OCC#CC#CCO. The molecule has 0 aromatic heterocycles. The number of ether oxygens (including phenoxy) is 3. The van der Waals surface area contributed by atoms with Gasteiger partial charge in [-0.3, -0.25) is 0 Å². The zero-order chi connectivity index (χ0) is 17.8. The normalized spacial score (nSPS) is 8.17. The van der Waals surface area contributed by atoms with Crippen LogP contribution in [0.25, 0.3) is 0 Å². The first-order valence-corrected chi connectivity index (χ1v) is 7.50. The average Bonchev–Trinajstić information content (AvgIpc) is 2.53. The quantitative estimate of drug-likeness (QED) is 0.241. The van der Waals surface area contributed by atoms with Gasteiger partial charge in [-0.1, -0.05) is 11.8 Å². The van der Waals surface area contributed by atoms with E-state index in [0.717, 1.165) is 0 Å². The van der Waals surface area contributed by atoms with Crippen molar-refractivity contribution in [1.82, 2.24) is 0 Å². The highest BCUT2D eigenvalue weighted by Crippen LogP contribution is 1.94. The van der Waals surface area contributed by atoms with Gasteiger partial charge in [0.2, 0.25) is 0 Å². The molecule has 0 atom stereocenters. The lowest BCUT2D eigenvalue weighted by atomic mass is 10.5. The molecule has 0 heterocycles. The summed E-state index contributed by atoms with van der Waals surface area (Å²) in [4.78, 5) is 21.5. The standard InChI is InChI=1S/C8H12Cl2O5.C6H6O2/c9-3-1-5-13-7(11)15-8(12)14-6-2-4-10;7-5-3-1-2-4-6-8/h1-6H2;7-8H,5-6H2. The number of aliphatic hydroxyl groups is 2. The van der Waals surface area contributed by atoms with Crippen LogP contribution in [0.5, 0.6) is 0 Å². The van der Waals surface area contributed by atoms with E-state index in [9.17, 15) is 9.59 Å². The monoisotopic (exact) mass is 368 g/mol. The van der Waals surface area contributed by atoms with Gasteiger partial charge in [0.25, 0.3) is 0 Å². The first kappa shape index (κ1) is 23.6. The van der Waals surface area contributed by atoms with Crippen molar-refractivity contribution < 1.29 is 34.0 Å². The van der Waals surface area contributed by atoms with Gasteiger partial charge in [-0.05, 0) is 24.7 Å². The summed E-state index contributed by atoms with van der Waals surface area (Å²) in [5, 5.41) is 16.1. The summed E-state index contributed by atoms with van der Waals surface area (Å²) in [6.07, 6.45) is -1.18. The number of alkyl halides is 2. The van der Waals surface area contributed by atoms with Crippen molar-refractivity contribution in [2.75, 3.05) is 38.2 Å². The maximum absolute atomic E-state index is 10.7. The van der Waals surface area contributed by atoms with Gasteiger partial charge in [-0.25, -0.2) is 9.59 Å². The maximum Gasteiger partial charge on any atom is 0.518 e. The van der Waals surface area contributed by atoms with Crippen molar-refractivity contribution >= 4 is 35.5 Å². The Bertz CT molecular complexity index is 392. The van der Waals surface area contributed by atoms with Crippen LogP contribution in [0.4, 0.5) is 9.59 Å².